The first-order valence-electron chi connectivity index (χ1n) is 8.54. The van der Waals surface area contributed by atoms with Gasteiger partial charge in [0.1, 0.15) is 6.54 Å². The number of tetrazole rings is 1. The number of piperazine rings is 1. The molecule has 4 rings (SSSR count). The lowest BCUT2D eigenvalue weighted by Gasteiger charge is -2.36. The zero-order chi connectivity index (χ0) is 17.8. The Labute approximate surface area is 163 Å². The third-order valence-electron chi connectivity index (χ3n) is 4.39. The maximum absolute atomic E-state index is 12.8. The summed E-state index contributed by atoms with van der Waals surface area (Å²) >= 11 is 0. The van der Waals surface area contributed by atoms with Crippen LogP contribution in [-0.2, 0) is 11.3 Å². The molecule has 0 aliphatic carbocycles. The van der Waals surface area contributed by atoms with E-state index in [0.29, 0.717) is 18.9 Å². The van der Waals surface area contributed by atoms with Crippen molar-refractivity contribution in [3.63, 3.8) is 0 Å². The molecule has 0 radical (unpaired) electrons. The largest absolute Gasteiger partial charge is 0.331 e. The van der Waals surface area contributed by atoms with Gasteiger partial charge in [0, 0.05) is 37.6 Å². The van der Waals surface area contributed by atoms with E-state index in [1.807, 2.05) is 47.4 Å². The van der Waals surface area contributed by atoms with Crippen LogP contribution in [0.1, 0.15) is 11.6 Å². The first-order chi connectivity index (χ1) is 12.8. The molecule has 1 fully saturated rings. The van der Waals surface area contributed by atoms with Gasteiger partial charge in [-0.15, -0.1) is 22.6 Å². The van der Waals surface area contributed by atoms with Crippen LogP contribution < -0.4 is 5.32 Å². The number of hydrogen-bond acceptors (Lipinski definition) is 6. The highest BCUT2D eigenvalue weighted by atomic mass is 35.5. The minimum absolute atomic E-state index is 0. The van der Waals surface area contributed by atoms with Crippen LogP contribution in [0.2, 0.25) is 0 Å². The standard InChI is InChI=1S/C18H19N7O.ClH/c26-17(13-25-22-18(21-23-25)14-5-2-1-3-6-14)24-10-9-20-12-16(24)15-7-4-8-19-11-15;/h1-8,11,16,20H,9-10,12-13H2;1H. The van der Waals surface area contributed by atoms with Gasteiger partial charge < -0.3 is 10.2 Å². The molecule has 3 heterocycles. The predicted molar refractivity (Wildman–Crippen MR) is 102 cm³/mol. The SMILES string of the molecule is Cl.O=C(Cn1nnc(-c2ccccc2)n1)N1CCNCC1c1cccnc1. The Bertz CT molecular complexity index is 872. The average Bonchev–Trinajstić information content (AvgIpc) is 3.18. The summed E-state index contributed by atoms with van der Waals surface area (Å²) in [7, 11) is 0. The molecule has 1 aromatic carbocycles. The van der Waals surface area contributed by atoms with Gasteiger partial charge in [-0.1, -0.05) is 36.4 Å². The number of rotatable bonds is 4. The Morgan fingerprint density at radius 2 is 2.04 bits per heavy atom. The summed E-state index contributed by atoms with van der Waals surface area (Å²) in [6.07, 6.45) is 3.54. The molecule has 8 nitrogen and oxygen atoms in total. The Morgan fingerprint density at radius 1 is 1.19 bits per heavy atom. The molecule has 0 spiro atoms. The van der Waals surface area contributed by atoms with E-state index in [0.717, 1.165) is 17.7 Å². The molecule has 1 N–H and O–H groups in total. The van der Waals surface area contributed by atoms with Gasteiger partial charge in [-0.25, -0.2) is 0 Å². The molecular formula is C18H20ClN7O. The highest BCUT2D eigenvalue weighted by Crippen LogP contribution is 2.21. The Kier molecular flexibility index (Phi) is 6.10. The lowest BCUT2D eigenvalue weighted by atomic mass is 10.1. The van der Waals surface area contributed by atoms with Crippen LogP contribution in [0.3, 0.4) is 0 Å². The molecule has 3 aromatic rings. The van der Waals surface area contributed by atoms with Gasteiger partial charge in [0.25, 0.3) is 0 Å². The number of benzene rings is 1. The molecule has 1 saturated heterocycles. The topological polar surface area (TPSA) is 88.8 Å². The molecular weight excluding hydrogens is 366 g/mol. The fourth-order valence-corrected chi connectivity index (χ4v) is 3.10. The monoisotopic (exact) mass is 385 g/mol. The van der Waals surface area contributed by atoms with Gasteiger partial charge in [-0.2, -0.15) is 4.80 Å². The van der Waals surface area contributed by atoms with Gasteiger partial charge in [-0.05, 0) is 16.8 Å². The second-order valence-corrected chi connectivity index (χ2v) is 6.10. The molecule has 1 atom stereocenters. The Morgan fingerprint density at radius 3 is 2.81 bits per heavy atom. The zero-order valence-electron chi connectivity index (χ0n) is 14.6. The maximum Gasteiger partial charge on any atom is 0.246 e. The normalized spacial score (nSPS) is 16.6. The summed E-state index contributed by atoms with van der Waals surface area (Å²) in [6, 6.07) is 13.4. The van der Waals surface area contributed by atoms with Crippen molar-refractivity contribution in [1.29, 1.82) is 0 Å². The van der Waals surface area contributed by atoms with Gasteiger partial charge in [-0.3, -0.25) is 9.78 Å². The summed E-state index contributed by atoms with van der Waals surface area (Å²) in [6.45, 7) is 2.18. The highest BCUT2D eigenvalue weighted by molar-refractivity contribution is 5.85. The molecule has 1 amide bonds. The second kappa shape index (κ2) is 8.70. The minimum Gasteiger partial charge on any atom is -0.331 e. The van der Waals surface area contributed by atoms with Crippen molar-refractivity contribution >= 4 is 18.3 Å². The van der Waals surface area contributed by atoms with Gasteiger partial charge >= 0.3 is 0 Å². The van der Waals surface area contributed by atoms with E-state index >= 15 is 0 Å². The molecule has 1 aliphatic heterocycles. The van der Waals surface area contributed by atoms with Gasteiger partial charge in [0.2, 0.25) is 11.7 Å². The molecule has 27 heavy (non-hydrogen) atoms. The number of carbonyl (C=O) groups excluding carboxylic acids is 1. The van der Waals surface area contributed by atoms with Crippen molar-refractivity contribution in [1.82, 2.24) is 35.4 Å². The Hall–Kier alpha value is -2.84. The quantitative estimate of drug-likeness (QED) is 0.728. The van der Waals surface area contributed by atoms with Gasteiger partial charge in [0.15, 0.2) is 0 Å². The van der Waals surface area contributed by atoms with E-state index < -0.39 is 0 Å². The smallest absolute Gasteiger partial charge is 0.246 e. The molecule has 0 saturated carbocycles. The van der Waals surface area contributed by atoms with E-state index in [2.05, 4.69) is 25.7 Å². The minimum atomic E-state index is -0.0398. The summed E-state index contributed by atoms with van der Waals surface area (Å²) in [4.78, 5) is 20.2. The van der Waals surface area contributed by atoms with Crippen molar-refractivity contribution < 1.29 is 4.79 Å². The number of hydrogen-bond donors (Lipinski definition) is 1. The maximum atomic E-state index is 12.8. The van der Waals surface area contributed by atoms with Crippen LogP contribution in [0, 0.1) is 0 Å². The van der Waals surface area contributed by atoms with Gasteiger partial charge in [0.05, 0.1) is 6.04 Å². The number of carbonyl (C=O) groups is 1. The molecule has 140 valence electrons. The average molecular weight is 386 g/mol. The van der Waals surface area contributed by atoms with E-state index in [9.17, 15) is 4.79 Å². The number of aromatic nitrogens is 5. The van der Waals surface area contributed by atoms with Crippen molar-refractivity contribution in [2.75, 3.05) is 19.6 Å². The summed E-state index contributed by atoms with van der Waals surface area (Å²) in [5, 5.41) is 15.7. The van der Waals surface area contributed by atoms with Crippen LogP contribution in [0.4, 0.5) is 0 Å². The van der Waals surface area contributed by atoms with Crippen molar-refractivity contribution in [2.24, 2.45) is 0 Å². The fourth-order valence-electron chi connectivity index (χ4n) is 3.10. The lowest BCUT2D eigenvalue weighted by Crippen LogP contribution is -2.49. The third kappa shape index (κ3) is 4.29. The van der Waals surface area contributed by atoms with Crippen LogP contribution in [-0.4, -0.2) is 55.6 Å². The van der Waals surface area contributed by atoms with E-state index in [1.165, 1.54) is 4.80 Å². The van der Waals surface area contributed by atoms with E-state index in [1.54, 1.807) is 12.4 Å². The highest BCUT2D eigenvalue weighted by Gasteiger charge is 2.28. The van der Waals surface area contributed by atoms with Crippen molar-refractivity contribution in [3.8, 4) is 11.4 Å². The van der Waals surface area contributed by atoms with Crippen LogP contribution in [0.25, 0.3) is 11.4 Å². The first kappa shape index (κ1) is 18.9. The summed E-state index contributed by atoms with van der Waals surface area (Å²) in [5.74, 6) is 0.486. The lowest BCUT2D eigenvalue weighted by molar-refractivity contribution is -0.135. The van der Waals surface area contributed by atoms with Crippen molar-refractivity contribution in [2.45, 2.75) is 12.6 Å². The molecule has 9 heteroatoms. The van der Waals surface area contributed by atoms with Crippen LogP contribution in [0.5, 0.6) is 0 Å². The zero-order valence-corrected chi connectivity index (χ0v) is 15.4. The molecule has 1 aliphatic rings. The second-order valence-electron chi connectivity index (χ2n) is 6.10. The fraction of sp³-hybridized carbons (Fsp3) is 0.278. The number of nitrogens with one attached hydrogen (secondary N) is 1. The summed E-state index contributed by atoms with van der Waals surface area (Å²) < 4.78 is 0. The summed E-state index contributed by atoms with van der Waals surface area (Å²) in [5.41, 5.74) is 1.89. The molecule has 2 aromatic heterocycles. The number of halogens is 1. The first-order valence-corrected chi connectivity index (χ1v) is 8.54. The van der Waals surface area contributed by atoms with Crippen LogP contribution in [0.15, 0.2) is 54.9 Å². The predicted octanol–water partition coefficient (Wildman–Crippen LogP) is 1.33. The van der Waals surface area contributed by atoms with Crippen molar-refractivity contribution in [3.05, 3.63) is 60.4 Å². The van der Waals surface area contributed by atoms with E-state index in [4.69, 9.17) is 0 Å². The Balaban J connectivity index is 0.00000210. The number of pyridine rings is 1. The molecule has 0 bridgehead atoms. The van der Waals surface area contributed by atoms with Crippen LogP contribution >= 0.6 is 12.4 Å². The molecule has 1 unspecified atom stereocenters. The van der Waals surface area contributed by atoms with E-state index in [-0.39, 0.29) is 30.9 Å². The number of amides is 1. The third-order valence-corrected chi connectivity index (χ3v) is 4.39. The number of nitrogens with zero attached hydrogens (tertiary/aromatic N) is 6.